The molecule has 1 aromatic rings. The highest BCUT2D eigenvalue weighted by Gasteiger charge is 2.23. The van der Waals surface area contributed by atoms with Gasteiger partial charge in [-0.25, -0.2) is 0 Å². The van der Waals surface area contributed by atoms with Crippen LogP contribution in [0.2, 0.25) is 0 Å². The molecule has 1 atom stereocenters. The highest BCUT2D eigenvalue weighted by Crippen LogP contribution is 2.32. The third-order valence-corrected chi connectivity index (χ3v) is 6.19. The van der Waals surface area contributed by atoms with Crippen molar-refractivity contribution in [3.8, 4) is 0 Å². The average molecular weight is 315 g/mol. The number of rotatable bonds is 7. The molecule has 1 fully saturated rings. The van der Waals surface area contributed by atoms with Crippen LogP contribution >= 0.6 is 23.1 Å². The summed E-state index contributed by atoms with van der Waals surface area (Å²) < 4.78 is 1.09. The molecule has 0 radical (unpaired) electrons. The molecule has 0 spiro atoms. The molecule has 2 rings (SSSR count). The van der Waals surface area contributed by atoms with Crippen molar-refractivity contribution in [2.45, 2.75) is 49.4 Å². The summed E-state index contributed by atoms with van der Waals surface area (Å²) in [7, 11) is 4.02. The van der Waals surface area contributed by atoms with Gasteiger partial charge >= 0.3 is 0 Å². The van der Waals surface area contributed by atoms with Crippen LogP contribution in [-0.4, -0.2) is 42.6 Å². The van der Waals surface area contributed by atoms with Gasteiger partial charge in [0.2, 0.25) is 5.13 Å². The zero-order valence-corrected chi connectivity index (χ0v) is 14.4. The Kier molecular flexibility index (Phi) is 6.58. The zero-order valence-electron chi connectivity index (χ0n) is 12.8. The first kappa shape index (κ1) is 16.0. The van der Waals surface area contributed by atoms with Gasteiger partial charge in [-0.3, -0.25) is 0 Å². The van der Waals surface area contributed by atoms with Crippen molar-refractivity contribution >= 4 is 28.2 Å². The van der Waals surface area contributed by atoms with Gasteiger partial charge in [-0.15, -0.1) is 10.2 Å². The molecule has 0 amide bonds. The van der Waals surface area contributed by atoms with Gasteiger partial charge in [0.1, 0.15) is 0 Å². The predicted molar refractivity (Wildman–Crippen MR) is 89.0 cm³/mol. The lowest BCUT2D eigenvalue weighted by atomic mass is 9.84. The smallest absolute Gasteiger partial charge is 0.208 e. The number of anilines is 1. The van der Waals surface area contributed by atoms with E-state index in [0.29, 0.717) is 6.04 Å². The lowest BCUT2D eigenvalue weighted by Gasteiger charge is -2.30. The first-order valence-electron chi connectivity index (χ1n) is 7.57. The summed E-state index contributed by atoms with van der Waals surface area (Å²) in [4.78, 5) is 2.02. The van der Waals surface area contributed by atoms with Crippen molar-refractivity contribution in [1.82, 2.24) is 15.5 Å². The number of aromatic nitrogens is 2. The highest BCUT2D eigenvalue weighted by molar-refractivity contribution is 8.01. The summed E-state index contributed by atoms with van der Waals surface area (Å²) in [6.45, 7) is 3.26. The molecule has 114 valence electrons. The van der Waals surface area contributed by atoms with Crippen molar-refractivity contribution in [2.24, 2.45) is 5.92 Å². The van der Waals surface area contributed by atoms with Gasteiger partial charge < -0.3 is 10.2 Å². The zero-order chi connectivity index (χ0) is 14.4. The summed E-state index contributed by atoms with van der Waals surface area (Å²) in [5.74, 6) is 1.96. The summed E-state index contributed by atoms with van der Waals surface area (Å²) >= 11 is 3.54. The monoisotopic (exact) mass is 314 g/mol. The molecule has 1 heterocycles. The van der Waals surface area contributed by atoms with Crippen LogP contribution in [0.15, 0.2) is 4.34 Å². The Bertz CT molecular complexity index is 388. The van der Waals surface area contributed by atoms with Gasteiger partial charge in [-0.1, -0.05) is 49.3 Å². The molecule has 20 heavy (non-hydrogen) atoms. The maximum atomic E-state index is 4.28. The first-order chi connectivity index (χ1) is 9.70. The van der Waals surface area contributed by atoms with Crippen LogP contribution < -0.4 is 10.2 Å². The number of hydrogen-bond acceptors (Lipinski definition) is 6. The average Bonchev–Trinajstić information content (AvgIpc) is 2.93. The van der Waals surface area contributed by atoms with Crippen LogP contribution in [0.4, 0.5) is 5.13 Å². The molecule has 0 aromatic carbocycles. The van der Waals surface area contributed by atoms with Crippen LogP contribution in [0.25, 0.3) is 0 Å². The topological polar surface area (TPSA) is 41.1 Å². The Balaban J connectivity index is 1.87. The molecule has 0 saturated heterocycles. The Morgan fingerprint density at radius 2 is 2.05 bits per heavy atom. The van der Waals surface area contributed by atoms with E-state index in [1.54, 1.807) is 11.3 Å². The van der Waals surface area contributed by atoms with Crippen molar-refractivity contribution in [2.75, 3.05) is 31.3 Å². The largest absolute Gasteiger partial charge is 0.353 e. The van der Waals surface area contributed by atoms with E-state index >= 15 is 0 Å². The maximum absolute atomic E-state index is 4.28. The minimum Gasteiger partial charge on any atom is -0.353 e. The standard InChI is InChI=1S/C14H26N4S2/c1-4-15-12(11-8-6-5-7-9-11)10-19-14-17-16-13(20-14)18(2)3/h11-12,15H,4-10H2,1-3H3. The second-order valence-electron chi connectivity index (χ2n) is 5.62. The van der Waals surface area contributed by atoms with E-state index in [0.717, 1.165) is 27.7 Å². The van der Waals surface area contributed by atoms with Gasteiger partial charge in [0.25, 0.3) is 0 Å². The molecule has 1 unspecified atom stereocenters. The molecule has 6 heteroatoms. The fraction of sp³-hybridized carbons (Fsp3) is 0.857. The van der Waals surface area contributed by atoms with E-state index in [2.05, 4.69) is 22.4 Å². The molecular weight excluding hydrogens is 288 g/mol. The quantitative estimate of drug-likeness (QED) is 0.782. The lowest BCUT2D eigenvalue weighted by Crippen LogP contribution is -2.39. The van der Waals surface area contributed by atoms with Crippen LogP contribution in [0.5, 0.6) is 0 Å². The van der Waals surface area contributed by atoms with E-state index in [9.17, 15) is 0 Å². The van der Waals surface area contributed by atoms with E-state index in [1.807, 2.05) is 30.8 Å². The minimum atomic E-state index is 0.622. The Morgan fingerprint density at radius 3 is 2.65 bits per heavy atom. The third kappa shape index (κ3) is 4.60. The predicted octanol–water partition coefficient (Wildman–Crippen LogP) is 3.25. The fourth-order valence-corrected chi connectivity index (χ4v) is 4.74. The molecular formula is C14H26N4S2. The minimum absolute atomic E-state index is 0.622. The number of nitrogens with zero attached hydrogens (tertiary/aromatic N) is 3. The van der Waals surface area contributed by atoms with Crippen LogP contribution in [0, 0.1) is 5.92 Å². The van der Waals surface area contributed by atoms with Crippen molar-refractivity contribution in [3.05, 3.63) is 0 Å². The van der Waals surface area contributed by atoms with Crippen LogP contribution in [-0.2, 0) is 0 Å². The molecule has 0 bridgehead atoms. The summed E-state index contributed by atoms with van der Waals surface area (Å²) in [5.41, 5.74) is 0. The summed E-state index contributed by atoms with van der Waals surface area (Å²) in [6.07, 6.45) is 7.00. The van der Waals surface area contributed by atoms with Gasteiger partial charge in [0, 0.05) is 25.9 Å². The first-order valence-corrected chi connectivity index (χ1v) is 9.38. The van der Waals surface area contributed by atoms with Crippen molar-refractivity contribution in [3.63, 3.8) is 0 Å². The summed E-state index contributed by atoms with van der Waals surface area (Å²) in [5, 5.41) is 13.2. The normalized spacial score (nSPS) is 18.1. The number of hydrogen-bond donors (Lipinski definition) is 1. The molecule has 1 N–H and O–H groups in total. The van der Waals surface area contributed by atoms with E-state index in [4.69, 9.17) is 0 Å². The molecule has 0 aliphatic heterocycles. The van der Waals surface area contributed by atoms with Crippen LogP contribution in [0.1, 0.15) is 39.0 Å². The van der Waals surface area contributed by atoms with Gasteiger partial charge in [-0.05, 0) is 25.3 Å². The Morgan fingerprint density at radius 1 is 1.30 bits per heavy atom. The highest BCUT2D eigenvalue weighted by atomic mass is 32.2. The fourth-order valence-electron chi connectivity index (χ4n) is 2.76. The van der Waals surface area contributed by atoms with E-state index in [1.165, 1.54) is 32.1 Å². The lowest BCUT2D eigenvalue weighted by molar-refractivity contribution is 0.288. The van der Waals surface area contributed by atoms with Crippen molar-refractivity contribution < 1.29 is 0 Å². The number of nitrogens with one attached hydrogen (secondary N) is 1. The number of thioether (sulfide) groups is 1. The summed E-state index contributed by atoms with van der Waals surface area (Å²) in [6, 6.07) is 0.622. The SMILES string of the molecule is CCNC(CSc1nnc(N(C)C)s1)C1CCCCC1. The maximum Gasteiger partial charge on any atom is 0.208 e. The Labute approximate surface area is 130 Å². The van der Waals surface area contributed by atoms with Crippen LogP contribution in [0.3, 0.4) is 0 Å². The van der Waals surface area contributed by atoms with Gasteiger partial charge in [0.05, 0.1) is 0 Å². The molecule has 1 saturated carbocycles. The Hall–Kier alpha value is -0.330. The molecule has 1 aromatic heterocycles. The van der Waals surface area contributed by atoms with Gasteiger partial charge in [0.15, 0.2) is 4.34 Å². The van der Waals surface area contributed by atoms with Crippen molar-refractivity contribution in [1.29, 1.82) is 0 Å². The second kappa shape index (κ2) is 8.20. The van der Waals surface area contributed by atoms with E-state index < -0.39 is 0 Å². The molecule has 1 aliphatic rings. The molecule has 4 nitrogen and oxygen atoms in total. The molecule has 1 aliphatic carbocycles. The van der Waals surface area contributed by atoms with E-state index in [-0.39, 0.29) is 0 Å². The second-order valence-corrected chi connectivity index (χ2v) is 7.84. The van der Waals surface area contributed by atoms with Gasteiger partial charge in [-0.2, -0.15) is 0 Å². The third-order valence-electron chi connectivity index (χ3n) is 3.85.